The molecule has 3 aromatic carbocycles. The Morgan fingerprint density at radius 1 is 0.889 bits per heavy atom. The molecule has 1 amide bonds. The summed E-state index contributed by atoms with van der Waals surface area (Å²) in [5.41, 5.74) is 4.16. The fourth-order valence-electron chi connectivity index (χ4n) is 5.51. The van der Waals surface area contributed by atoms with Crippen molar-refractivity contribution in [2.75, 3.05) is 12.4 Å². The van der Waals surface area contributed by atoms with Crippen LogP contribution in [0.25, 0.3) is 20.7 Å². The lowest BCUT2D eigenvalue weighted by molar-refractivity contribution is -0.118. The van der Waals surface area contributed by atoms with E-state index in [9.17, 15) is 18.4 Å². The Morgan fingerprint density at radius 2 is 1.56 bits per heavy atom. The summed E-state index contributed by atoms with van der Waals surface area (Å²) in [4.78, 5) is 30.3. The summed E-state index contributed by atoms with van der Waals surface area (Å²) in [6.07, 6.45) is 2.32. The number of pyridine rings is 1. The second kappa shape index (κ2) is 13.9. The van der Waals surface area contributed by atoms with E-state index in [1.54, 1.807) is 6.20 Å². The summed E-state index contributed by atoms with van der Waals surface area (Å²) in [7, 11) is 2.02. The van der Waals surface area contributed by atoms with Crippen LogP contribution < -0.4 is 10.7 Å². The topological polar surface area (TPSA) is 54.3 Å². The molecule has 0 unspecified atom stereocenters. The summed E-state index contributed by atoms with van der Waals surface area (Å²) in [5, 5.41) is 3.52. The summed E-state index contributed by atoms with van der Waals surface area (Å²) in [6, 6.07) is 21.6. The maximum atomic E-state index is 14.9. The van der Waals surface area contributed by atoms with Gasteiger partial charge in [0.15, 0.2) is 5.43 Å². The smallest absolute Gasteiger partial charge is 0.226 e. The van der Waals surface area contributed by atoms with Gasteiger partial charge in [0.2, 0.25) is 5.91 Å². The highest BCUT2D eigenvalue weighted by Gasteiger charge is 2.23. The molecule has 2 aromatic heterocycles. The summed E-state index contributed by atoms with van der Waals surface area (Å²) >= 11 is 1.45. The molecule has 0 bridgehead atoms. The van der Waals surface area contributed by atoms with Gasteiger partial charge in [-0.25, -0.2) is 8.78 Å². The SMILES string of the molecule is CC(C)Cc1cn(Cc2c(F)cccc2F)c2sc(-c3ccc(NC(=O)C(C)C)cc3)c(CN(C)Cc3ccccc3)c2c1=O. The van der Waals surface area contributed by atoms with E-state index in [0.717, 1.165) is 21.6 Å². The van der Waals surface area contributed by atoms with Gasteiger partial charge in [0.05, 0.1) is 11.9 Å². The highest BCUT2D eigenvalue weighted by Crippen LogP contribution is 2.39. The number of hydrogen-bond donors (Lipinski definition) is 1. The van der Waals surface area contributed by atoms with Crippen molar-refractivity contribution in [2.24, 2.45) is 11.8 Å². The van der Waals surface area contributed by atoms with Crippen LogP contribution in [-0.2, 0) is 30.8 Å². The van der Waals surface area contributed by atoms with Crippen molar-refractivity contribution in [2.45, 2.75) is 53.8 Å². The average Bonchev–Trinajstić information content (AvgIpc) is 3.37. The number of amides is 1. The molecule has 1 N–H and O–H groups in total. The van der Waals surface area contributed by atoms with Crippen molar-refractivity contribution >= 4 is 33.1 Å². The first kappa shape index (κ1) is 32.3. The molecule has 0 atom stereocenters. The van der Waals surface area contributed by atoms with Crippen molar-refractivity contribution in [3.05, 3.63) is 123 Å². The molecule has 0 aliphatic carbocycles. The Kier molecular flexibility index (Phi) is 9.95. The molecule has 45 heavy (non-hydrogen) atoms. The van der Waals surface area contributed by atoms with Crippen LogP contribution in [0, 0.1) is 23.5 Å². The fourth-order valence-corrected chi connectivity index (χ4v) is 6.80. The van der Waals surface area contributed by atoms with Gasteiger partial charge in [0, 0.05) is 46.9 Å². The summed E-state index contributed by atoms with van der Waals surface area (Å²) in [6.45, 7) is 8.92. The molecule has 5 nitrogen and oxygen atoms in total. The fraction of sp³-hybridized carbons (Fsp3) is 0.297. The number of halogens is 2. The molecule has 0 radical (unpaired) electrons. The van der Waals surface area contributed by atoms with Gasteiger partial charge in [-0.15, -0.1) is 11.3 Å². The lowest BCUT2D eigenvalue weighted by atomic mass is 10.00. The van der Waals surface area contributed by atoms with Crippen LogP contribution in [0.3, 0.4) is 0 Å². The monoisotopic (exact) mass is 627 g/mol. The predicted octanol–water partition coefficient (Wildman–Crippen LogP) is 8.48. The molecular weight excluding hydrogens is 588 g/mol. The van der Waals surface area contributed by atoms with Crippen LogP contribution >= 0.6 is 11.3 Å². The highest BCUT2D eigenvalue weighted by atomic mass is 32.1. The van der Waals surface area contributed by atoms with Gasteiger partial charge in [-0.2, -0.15) is 0 Å². The van der Waals surface area contributed by atoms with Crippen molar-refractivity contribution in [3.8, 4) is 10.4 Å². The zero-order valence-electron chi connectivity index (χ0n) is 26.4. The van der Waals surface area contributed by atoms with Gasteiger partial charge in [-0.05, 0) is 60.3 Å². The first-order valence-corrected chi connectivity index (χ1v) is 16.1. The lowest BCUT2D eigenvalue weighted by Gasteiger charge is -2.18. The van der Waals surface area contributed by atoms with E-state index >= 15 is 0 Å². The maximum Gasteiger partial charge on any atom is 0.226 e. The number of anilines is 1. The standard InChI is InChI=1S/C37H39F2N3O2S/c1-23(2)18-27-20-42(22-29-31(38)12-9-13-32(29)39)37-33(34(27)43)30(21-41(5)19-25-10-7-6-8-11-25)35(45-37)26-14-16-28(17-15-26)40-36(44)24(3)4/h6-17,20,23-24H,18-19,21-22H2,1-5H3,(H,40,44). The van der Waals surface area contributed by atoms with Gasteiger partial charge in [-0.3, -0.25) is 14.5 Å². The summed E-state index contributed by atoms with van der Waals surface area (Å²) in [5.74, 6) is -1.24. The molecule has 5 aromatic rings. The number of carbonyl (C=O) groups excluding carboxylic acids is 1. The third-order valence-electron chi connectivity index (χ3n) is 7.76. The molecule has 0 aliphatic heterocycles. The molecule has 8 heteroatoms. The second-order valence-corrected chi connectivity index (χ2v) is 13.4. The lowest BCUT2D eigenvalue weighted by Crippen LogP contribution is -2.21. The number of nitrogens with zero attached hydrogens (tertiary/aromatic N) is 2. The van der Waals surface area contributed by atoms with Crippen molar-refractivity contribution in [1.82, 2.24) is 9.47 Å². The third kappa shape index (κ3) is 7.40. The Hall–Kier alpha value is -4.14. The highest BCUT2D eigenvalue weighted by molar-refractivity contribution is 7.22. The molecule has 0 spiro atoms. The minimum absolute atomic E-state index is 0.0408. The van der Waals surface area contributed by atoms with Crippen LogP contribution in [0.4, 0.5) is 14.5 Å². The molecule has 0 aliphatic rings. The Labute approximate surface area is 267 Å². The maximum absolute atomic E-state index is 14.9. The number of benzene rings is 3. The number of hydrogen-bond acceptors (Lipinski definition) is 4. The van der Waals surface area contributed by atoms with Crippen LogP contribution in [-0.4, -0.2) is 22.4 Å². The Bertz CT molecular complexity index is 1840. The number of aromatic nitrogens is 1. The molecule has 5 rings (SSSR count). The van der Waals surface area contributed by atoms with Crippen molar-refractivity contribution in [3.63, 3.8) is 0 Å². The predicted molar refractivity (Wildman–Crippen MR) is 181 cm³/mol. The van der Waals surface area contributed by atoms with Gasteiger partial charge in [-0.1, -0.05) is 76.2 Å². The first-order valence-electron chi connectivity index (χ1n) is 15.3. The molecule has 0 fully saturated rings. The second-order valence-electron chi connectivity index (χ2n) is 12.4. The largest absolute Gasteiger partial charge is 0.334 e. The molecule has 2 heterocycles. The number of thiophene rings is 1. The molecule has 0 saturated carbocycles. The molecular formula is C37H39F2N3O2S. The van der Waals surface area contributed by atoms with Gasteiger partial charge in [0.25, 0.3) is 0 Å². The first-order chi connectivity index (χ1) is 21.5. The van der Waals surface area contributed by atoms with Gasteiger partial charge >= 0.3 is 0 Å². The van der Waals surface area contributed by atoms with Crippen LogP contribution in [0.5, 0.6) is 0 Å². The number of nitrogens with one attached hydrogen (secondary N) is 1. The minimum Gasteiger partial charge on any atom is -0.334 e. The number of fused-ring (bicyclic) bond motifs is 1. The van der Waals surface area contributed by atoms with E-state index < -0.39 is 11.6 Å². The minimum atomic E-state index is -0.620. The number of carbonyl (C=O) groups is 1. The number of rotatable bonds is 11. The van der Waals surface area contributed by atoms with Crippen LogP contribution in [0.1, 0.15) is 49.9 Å². The normalized spacial score (nSPS) is 11.7. The van der Waals surface area contributed by atoms with E-state index in [2.05, 4.69) is 36.2 Å². The van der Waals surface area contributed by atoms with E-state index in [1.165, 1.54) is 29.5 Å². The van der Waals surface area contributed by atoms with Crippen LogP contribution in [0.2, 0.25) is 0 Å². The van der Waals surface area contributed by atoms with E-state index in [4.69, 9.17) is 0 Å². The van der Waals surface area contributed by atoms with E-state index in [0.29, 0.717) is 41.0 Å². The quantitative estimate of drug-likeness (QED) is 0.160. The molecule has 0 saturated heterocycles. The van der Waals surface area contributed by atoms with E-state index in [-0.39, 0.29) is 35.3 Å². The van der Waals surface area contributed by atoms with Gasteiger partial charge < -0.3 is 9.88 Å². The van der Waals surface area contributed by atoms with Crippen molar-refractivity contribution < 1.29 is 13.6 Å². The zero-order valence-corrected chi connectivity index (χ0v) is 27.2. The van der Waals surface area contributed by atoms with Crippen molar-refractivity contribution in [1.29, 1.82) is 0 Å². The van der Waals surface area contributed by atoms with E-state index in [1.807, 2.05) is 67.9 Å². The third-order valence-corrected chi connectivity index (χ3v) is 9.08. The average molecular weight is 628 g/mol. The summed E-state index contributed by atoms with van der Waals surface area (Å²) < 4.78 is 31.6. The van der Waals surface area contributed by atoms with Crippen LogP contribution in [0.15, 0.2) is 83.8 Å². The zero-order chi connectivity index (χ0) is 32.2. The Balaban J connectivity index is 1.69. The molecule has 234 valence electrons. The Morgan fingerprint density at radius 3 is 2.18 bits per heavy atom. The van der Waals surface area contributed by atoms with Gasteiger partial charge in [0.1, 0.15) is 16.5 Å².